The van der Waals surface area contributed by atoms with E-state index in [0.717, 1.165) is 17.8 Å². The molecule has 2 amide bonds. The summed E-state index contributed by atoms with van der Waals surface area (Å²) < 4.78 is 5.13. The summed E-state index contributed by atoms with van der Waals surface area (Å²) in [5, 5.41) is 9.15. The molecule has 6 heteroatoms. The van der Waals surface area contributed by atoms with Gasteiger partial charge in [-0.05, 0) is 73.0 Å². The molecular formula is C26H29N3O3. The lowest BCUT2D eigenvalue weighted by Crippen LogP contribution is -2.25. The lowest BCUT2D eigenvalue weighted by molar-refractivity contribution is 0.0951. The largest absolute Gasteiger partial charge is 0.497 e. The minimum absolute atomic E-state index is 0.0881. The maximum absolute atomic E-state index is 12.5. The molecule has 0 aliphatic heterocycles. The van der Waals surface area contributed by atoms with E-state index in [4.69, 9.17) is 4.74 Å². The van der Waals surface area contributed by atoms with E-state index in [0.29, 0.717) is 35.0 Å². The molecule has 0 fully saturated rings. The molecule has 3 aromatic carbocycles. The Bertz CT molecular complexity index is 1060. The van der Waals surface area contributed by atoms with Gasteiger partial charge in [-0.3, -0.25) is 9.59 Å². The number of anilines is 3. The van der Waals surface area contributed by atoms with Crippen molar-refractivity contribution in [2.75, 3.05) is 24.3 Å². The number of amides is 2. The van der Waals surface area contributed by atoms with Crippen molar-refractivity contribution in [1.29, 1.82) is 0 Å². The highest BCUT2D eigenvalue weighted by Crippen LogP contribution is 2.22. The Balaban J connectivity index is 1.64. The predicted molar refractivity (Wildman–Crippen MR) is 129 cm³/mol. The average Bonchev–Trinajstić information content (AvgIpc) is 2.79. The molecule has 0 atom stereocenters. The Morgan fingerprint density at radius 3 is 2.16 bits per heavy atom. The van der Waals surface area contributed by atoms with Gasteiger partial charge in [0, 0.05) is 34.7 Å². The van der Waals surface area contributed by atoms with Crippen LogP contribution in [0.15, 0.2) is 72.8 Å². The van der Waals surface area contributed by atoms with Crippen molar-refractivity contribution >= 4 is 28.9 Å². The number of rotatable bonds is 9. The average molecular weight is 432 g/mol. The summed E-state index contributed by atoms with van der Waals surface area (Å²) >= 11 is 0. The van der Waals surface area contributed by atoms with Crippen LogP contribution in [-0.2, 0) is 0 Å². The standard InChI is InChI=1S/C26H29N3O3/c1-18(2)14-15-27-25(30)20-6-4-7-21(16-20)28-22-8-5-9-23(17-22)29-26(31)19-10-12-24(32-3)13-11-19/h4-13,16-18,28H,14-15H2,1-3H3,(H,27,30)(H,29,31). The highest BCUT2D eigenvalue weighted by molar-refractivity contribution is 6.04. The third-order valence-corrected chi connectivity index (χ3v) is 4.89. The molecule has 32 heavy (non-hydrogen) atoms. The molecule has 3 N–H and O–H groups in total. The van der Waals surface area contributed by atoms with Crippen LogP contribution in [0.1, 0.15) is 41.0 Å². The lowest BCUT2D eigenvalue weighted by Gasteiger charge is -2.12. The Labute approximate surface area is 189 Å². The maximum atomic E-state index is 12.5. The molecule has 0 aromatic heterocycles. The van der Waals surface area contributed by atoms with Crippen LogP contribution >= 0.6 is 0 Å². The van der Waals surface area contributed by atoms with Crippen LogP contribution in [0.25, 0.3) is 0 Å². The van der Waals surface area contributed by atoms with Crippen LogP contribution < -0.4 is 20.7 Å². The lowest BCUT2D eigenvalue weighted by atomic mass is 10.1. The number of hydrogen-bond acceptors (Lipinski definition) is 4. The van der Waals surface area contributed by atoms with E-state index < -0.39 is 0 Å². The fourth-order valence-electron chi connectivity index (χ4n) is 3.10. The van der Waals surface area contributed by atoms with Crippen LogP contribution in [0, 0.1) is 5.92 Å². The van der Waals surface area contributed by atoms with Crippen molar-refractivity contribution in [2.24, 2.45) is 5.92 Å². The summed E-state index contributed by atoms with van der Waals surface area (Å²) in [4.78, 5) is 24.9. The molecule has 0 saturated heterocycles. The Morgan fingerprint density at radius 1 is 0.812 bits per heavy atom. The minimum Gasteiger partial charge on any atom is -0.497 e. The van der Waals surface area contributed by atoms with Gasteiger partial charge in [0.05, 0.1) is 7.11 Å². The first-order valence-corrected chi connectivity index (χ1v) is 10.7. The number of hydrogen-bond donors (Lipinski definition) is 3. The van der Waals surface area contributed by atoms with E-state index in [1.54, 1.807) is 37.4 Å². The van der Waals surface area contributed by atoms with Crippen LogP contribution in [0.3, 0.4) is 0 Å². The van der Waals surface area contributed by atoms with Crippen molar-refractivity contribution in [3.05, 3.63) is 83.9 Å². The highest BCUT2D eigenvalue weighted by atomic mass is 16.5. The Kier molecular flexibility index (Phi) is 7.86. The highest BCUT2D eigenvalue weighted by Gasteiger charge is 2.09. The third kappa shape index (κ3) is 6.60. The molecule has 3 aromatic rings. The fourth-order valence-corrected chi connectivity index (χ4v) is 3.10. The molecule has 0 saturated carbocycles. The smallest absolute Gasteiger partial charge is 0.255 e. The second-order valence-corrected chi connectivity index (χ2v) is 7.91. The monoisotopic (exact) mass is 431 g/mol. The van der Waals surface area contributed by atoms with Gasteiger partial charge in [0.15, 0.2) is 0 Å². The number of benzene rings is 3. The molecule has 166 valence electrons. The van der Waals surface area contributed by atoms with Gasteiger partial charge in [-0.1, -0.05) is 26.0 Å². The van der Waals surface area contributed by atoms with Crippen LogP contribution in [0.5, 0.6) is 5.75 Å². The fraction of sp³-hybridized carbons (Fsp3) is 0.231. The van der Waals surface area contributed by atoms with Crippen molar-refractivity contribution in [2.45, 2.75) is 20.3 Å². The maximum Gasteiger partial charge on any atom is 0.255 e. The first kappa shape index (κ1) is 22.9. The number of methoxy groups -OCH3 is 1. The van der Waals surface area contributed by atoms with E-state index in [9.17, 15) is 9.59 Å². The van der Waals surface area contributed by atoms with E-state index in [2.05, 4.69) is 29.8 Å². The van der Waals surface area contributed by atoms with Crippen molar-refractivity contribution in [3.63, 3.8) is 0 Å². The van der Waals surface area contributed by atoms with E-state index in [-0.39, 0.29) is 11.8 Å². The molecule has 0 radical (unpaired) electrons. The first-order valence-electron chi connectivity index (χ1n) is 10.7. The predicted octanol–water partition coefficient (Wildman–Crippen LogP) is 5.47. The van der Waals surface area contributed by atoms with Gasteiger partial charge in [-0.25, -0.2) is 0 Å². The zero-order chi connectivity index (χ0) is 22.9. The summed E-state index contributed by atoms with van der Waals surface area (Å²) in [7, 11) is 1.59. The summed E-state index contributed by atoms with van der Waals surface area (Å²) in [5.74, 6) is 0.948. The number of carbonyl (C=O) groups is 2. The molecule has 0 aliphatic carbocycles. The van der Waals surface area contributed by atoms with Gasteiger partial charge >= 0.3 is 0 Å². The van der Waals surface area contributed by atoms with Crippen LogP contribution in [0.4, 0.5) is 17.1 Å². The van der Waals surface area contributed by atoms with Crippen molar-refractivity contribution < 1.29 is 14.3 Å². The van der Waals surface area contributed by atoms with Crippen LogP contribution in [0.2, 0.25) is 0 Å². The van der Waals surface area contributed by atoms with E-state index in [1.807, 2.05) is 42.5 Å². The van der Waals surface area contributed by atoms with E-state index >= 15 is 0 Å². The molecule has 0 unspecified atom stereocenters. The third-order valence-electron chi connectivity index (χ3n) is 4.89. The molecule has 0 spiro atoms. The minimum atomic E-state index is -0.204. The number of nitrogens with one attached hydrogen (secondary N) is 3. The number of carbonyl (C=O) groups excluding carboxylic acids is 2. The van der Waals surface area contributed by atoms with Gasteiger partial charge in [-0.2, -0.15) is 0 Å². The van der Waals surface area contributed by atoms with Gasteiger partial charge in [0.1, 0.15) is 5.75 Å². The summed E-state index contributed by atoms with van der Waals surface area (Å²) in [6, 6.07) is 21.7. The number of ether oxygens (including phenoxy) is 1. The zero-order valence-electron chi connectivity index (χ0n) is 18.6. The van der Waals surface area contributed by atoms with Crippen molar-refractivity contribution in [1.82, 2.24) is 5.32 Å². The summed E-state index contributed by atoms with van der Waals surface area (Å²) in [6.07, 6.45) is 0.943. The Hall–Kier alpha value is -3.80. The second kappa shape index (κ2) is 11.0. The Morgan fingerprint density at radius 2 is 1.47 bits per heavy atom. The second-order valence-electron chi connectivity index (χ2n) is 7.91. The SMILES string of the molecule is COc1ccc(C(=O)Nc2cccc(Nc3cccc(C(=O)NCCC(C)C)c3)c2)cc1. The molecule has 3 rings (SSSR count). The van der Waals surface area contributed by atoms with Gasteiger partial charge in [0.2, 0.25) is 0 Å². The van der Waals surface area contributed by atoms with Gasteiger partial charge < -0.3 is 20.7 Å². The molecule has 0 bridgehead atoms. The normalized spacial score (nSPS) is 10.5. The molecule has 0 heterocycles. The van der Waals surface area contributed by atoms with Crippen LogP contribution in [-0.4, -0.2) is 25.5 Å². The summed E-state index contributed by atoms with van der Waals surface area (Å²) in [5.41, 5.74) is 3.40. The first-order chi connectivity index (χ1) is 15.4. The van der Waals surface area contributed by atoms with E-state index in [1.165, 1.54) is 0 Å². The zero-order valence-corrected chi connectivity index (χ0v) is 18.6. The molecular weight excluding hydrogens is 402 g/mol. The topological polar surface area (TPSA) is 79.5 Å². The molecule has 0 aliphatic rings. The molecule has 6 nitrogen and oxygen atoms in total. The van der Waals surface area contributed by atoms with Gasteiger partial charge in [0.25, 0.3) is 11.8 Å². The quantitative estimate of drug-likeness (QED) is 0.420. The van der Waals surface area contributed by atoms with Crippen molar-refractivity contribution in [3.8, 4) is 5.75 Å². The summed E-state index contributed by atoms with van der Waals surface area (Å²) in [6.45, 7) is 4.92. The van der Waals surface area contributed by atoms with Gasteiger partial charge in [-0.15, -0.1) is 0 Å².